The van der Waals surface area contributed by atoms with E-state index in [-0.39, 0.29) is 12.5 Å². The molecule has 1 rings (SSSR count). The van der Waals surface area contributed by atoms with E-state index < -0.39 is 0 Å². The minimum atomic E-state index is -0.179. The largest absolute Gasteiger partial charge is 0.467 e. The molecule has 0 aliphatic carbocycles. The Morgan fingerprint density at radius 2 is 2.22 bits per heavy atom. The highest BCUT2D eigenvalue weighted by atomic mass is 16.3. The van der Waals surface area contributed by atoms with Crippen LogP contribution in [0.4, 0.5) is 0 Å². The van der Waals surface area contributed by atoms with Crippen LogP contribution in [-0.4, -0.2) is 36.4 Å². The second-order valence-electron chi connectivity index (χ2n) is 3.70. The van der Waals surface area contributed by atoms with Crippen LogP contribution in [0.5, 0.6) is 0 Å². The standard InChI is InChI=1S/C12H20N4O2/c1-3-16(4-2)12(13)15-9-11(17)14-8-10-6-5-7-18-10/h5-7H,3-4,8-9H2,1-2H3,(H2,13,15)(H,14,17). The molecule has 0 unspecified atom stereocenters. The maximum atomic E-state index is 11.5. The van der Waals surface area contributed by atoms with E-state index in [9.17, 15) is 4.79 Å². The predicted molar refractivity (Wildman–Crippen MR) is 70.0 cm³/mol. The highest BCUT2D eigenvalue weighted by Gasteiger charge is 2.05. The highest BCUT2D eigenvalue weighted by Crippen LogP contribution is 1.98. The molecule has 0 saturated carbocycles. The molecule has 1 heterocycles. The number of guanidine groups is 1. The Balaban J connectivity index is 2.33. The number of furan rings is 1. The summed E-state index contributed by atoms with van der Waals surface area (Å²) in [5.41, 5.74) is 5.76. The summed E-state index contributed by atoms with van der Waals surface area (Å²) < 4.78 is 5.10. The van der Waals surface area contributed by atoms with Crippen molar-refractivity contribution >= 4 is 11.9 Å². The van der Waals surface area contributed by atoms with Gasteiger partial charge < -0.3 is 20.4 Å². The van der Waals surface area contributed by atoms with Gasteiger partial charge in [0.1, 0.15) is 12.3 Å². The van der Waals surface area contributed by atoms with Crippen LogP contribution in [0.1, 0.15) is 19.6 Å². The smallest absolute Gasteiger partial charge is 0.242 e. The van der Waals surface area contributed by atoms with Crippen molar-refractivity contribution in [1.82, 2.24) is 10.2 Å². The predicted octanol–water partition coefficient (Wildman–Crippen LogP) is 0.552. The second kappa shape index (κ2) is 7.37. The molecule has 0 aliphatic heterocycles. The lowest BCUT2D eigenvalue weighted by Gasteiger charge is -2.19. The molecule has 0 atom stereocenters. The number of carbonyl (C=O) groups excluding carboxylic acids is 1. The lowest BCUT2D eigenvalue weighted by atomic mass is 10.4. The van der Waals surface area contributed by atoms with Gasteiger partial charge in [-0.1, -0.05) is 0 Å². The molecule has 6 nitrogen and oxygen atoms in total. The Morgan fingerprint density at radius 3 is 2.78 bits per heavy atom. The quantitative estimate of drug-likeness (QED) is 0.572. The van der Waals surface area contributed by atoms with Crippen molar-refractivity contribution in [3.63, 3.8) is 0 Å². The SMILES string of the molecule is CCN(CC)C(N)=NCC(=O)NCc1ccco1. The van der Waals surface area contributed by atoms with Crippen molar-refractivity contribution in [3.05, 3.63) is 24.2 Å². The lowest BCUT2D eigenvalue weighted by molar-refractivity contribution is -0.119. The zero-order chi connectivity index (χ0) is 13.4. The third-order valence-electron chi connectivity index (χ3n) is 2.51. The molecule has 0 saturated heterocycles. The van der Waals surface area contributed by atoms with E-state index in [1.54, 1.807) is 18.4 Å². The fourth-order valence-electron chi connectivity index (χ4n) is 1.46. The summed E-state index contributed by atoms with van der Waals surface area (Å²) in [6.45, 7) is 5.93. The summed E-state index contributed by atoms with van der Waals surface area (Å²) in [7, 11) is 0. The van der Waals surface area contributed by atoms with Gasteiger partial charge in [-0.15, -0.1) is 0 Å². The first-order valence-corrected chi connectivity index (χ1v) is 6.01. The fourth-order valence-corrected chi connectivity index (χ4v) is 1.46. The van der Waals surface area contributed by atoms with E-state index in [0.717, 1.165) is 13.1 Å². The molecule has 0 fully saturated rings. The zero-order valence-electron chi connectivity index (χ0n) is 10.8. The monoisotopic (exact) mass is 252 g/mol. The number of amides is 1. The van der Waals surface area contributed by atoms with Crippen LogP contribution in [0.25, 0.3) is 0 Å². The van der Waals surface area contributed by atoms with Crippen molar-refractivity contribution in [1.29, 1.82) is 0 Å². The van der Waals surface area contributed by atoms with Gasteiger partial charge in [0.15, 0.2) is 5.96 Å². The number of carbonyl (C=O) groups is 1. The number of rotatable bonds is 6. The maximum Gasteiger partial charge on any atom is 0.242 e. The van der Waals surface area contributed by atoms with Crippen LogP contribution in [0.15, 0.2) is 27.8 Å². The van der Waals surface area contributed by atoms with Crippen LogP contribution in [0.3, 0.4) is 0 Å². The highest BCUT2D eigenvalue weighted by molar-refractivity contribution is 5.83. The van der Waals surface area contributed by atoms with E-state index in [1.165, 1.54) is 0 Å². The summed E-state index contributed by atoms with van der Waals surface area (Å²) in [6.07, 6.45) is 1.57. The molecule has 1 aromatic rings. The van der Waals surface area contributed by atoms with Gasteiger partial charge in [-0.05, 0) is 26.0 Å². The summed E-state index contributed by atoms with van der Waals surface area (Å²) in [4.78, 5) is 17.4. The molecular formula is C12H20N4O2. The Hall–Kier alpha value is -1.98. The number of aliphatic imine (C=N–C) groups is 1. The van der Waals surface area contributed by atoms with Gasteiger partial charge in [-0.3, -0.25) is 4.79 Å². The average Bonchev–Trinajstić information content (AvgIpc) is 2.88. The molecule has 0 aromatic carbocycles. The Morgan fingerprint density at radius 1 is 1.50 bits per heavy atom. The third-order valence-corrected chi connectivity index (χ3v) is 2.51. The summed E-state index contributed by atoms with van der Waals surface area (Å²) in [5.74, 6) is 0.929. The molecule has 18 heavy (non-hydrogen) atoms. The minimum absolute atomic E-state index is 0.0308. The van der Waals surface area contributed by atoms with Gasteiger partial charge in [0.05, 0.1) is 12.8 Å². The zero-order valence-corrected chi connectivity index (χ0v) is 10.8. The Labute approximate surface area is 107 Å². The summed E-state index contributed by atoms with van der Waals surface area (Å²) in [6, 6.07) is 3.58. The number of nitrogens with one attached hydrogen (secondary N) is 1. The lowest BCUT2D eigenvalue weighted by Crippen LogP contribution is -2.38. The molecule has 1 aromatic heterocycles. The number of nitrogens with zero attached hydrogens (tertiary/aromatic N) is 2. The minimum Gasteiger partial charge on any atom is -0.467 e. The molecule has 6 heteroatoms. The van der Waals surface area contributed by atoms with E-state index in [2.05, 4.69) is 10.3 Å². The molecule has 0 radical (unpaired) electrons. The first kappa shape index (κ1) is 14.1. The maximum absolute atomic E-state index is 11.5. The van der Waals surface area contributed by atoms with E-state index >= 15 is 0 Å². The van der Waals surface area contributed by atoms with Crippen molar-refractivity contribution in [3.8, 4) is 0 Å². The molecule has 3 N–H and O–H groups in total. The number of hydrogen-bond acceptors (Lipinski definition) is 3. The summed E-state index contributed by atoms with van der Waals surface area (Å²) in [5, 5.41) is 2.70. The van der Waals surface area contributed by atoms with Gasteiger partial charge in [0, 0.05) is 13.1 Å². The van der Waals surface area contributed by atoms with Crippen molar-refractivity contribution in [2.45, 2.75) is 20.4 Å². The Bertz CT molecular complexity index is 383. The van der Waals surface area contributed by atoms with Gasteiger partial charge >= 0.3 is 0 Å². The number of hydrogen-bond donors (Lipinski definition) is 2. The first-order chi connectivity index (χ1) is 8.67. The van der Waals surface area contributed by atoms with E-state index in [4.69, 9.17) is 10.2 Å². The van der Waals surface area contributed by atoms with E-state index in [1.807, 2.05) is 18.7 Å². The molecular weight excluding hydrogens is 232 g/mol. The van der Waals surface area contributed by atoms with Crippen LogP contribution >= 0.6 is 0 Å². The van der Waals surface area contributed by atoms with Crippen molar-refractivity contribution < 1.29 is 9.21 Å². The first-order valence-electron chi connectivity index (χ1n) is 6.01. The average molecular weight is 252 g/mol. The van der Waals surface area contributed by atoms with Crippen LogP contribution in [0.2, 0.25) is 0 Å². The molecule has 0 aliphatic rings. The van der Waals surface area contributed by atoms with Crippen molar-refractivity contribution in [2.75, 3.05) is 19.6 Å². The topological polar surface area (TPSA) is 83.9 Å². The number of nitrogens with two attached hydrogens (primary N) is 1. The molecule has 100 valence electrons. The summed E-state index contributed by atoms with van der Waals surface area (Å²) >= 11 is 0. The van der Waals surface area contributed by atoms with Crippen molar-refractivity contribution in [2.24, 2.45) is 10.7 Å². The van der Waals surface area contributed by atoms with Gasteiger partial charge in [-0.2, -0.15) is 0 Å². The van der Waals surface area contributed by atoms with Crippen LogP contribution in [-0.2, 0) is 11.3 Å². The fraction of sp³-hybridized carbons (Fsp3) is 0.500. The normalized spacial score (nSPS) is 11.3. The second-order valence-corrected chi connectivity index (χ2v) is 3.70. The van der Waals surface area contributed by atoms with Crippen LogP contribution < -0.4 is 11.1 Å². The molecule has 0 bridgehead atoms. The van der Waals surface area contributed by atoms with Crippen LogP contribution in [0, 0.1) is 0 Å². The van der Waals surface area contributed by atoms with E-state index in [0.29, 0.717) is 18.3 Å². The molecule has 1 amide bonds. The van der Waals surface area contributed by atoms with Gasteiger partial charge in [0.25, 0.3) is 0 Å². The van der Waals surface area contributed by atoms with Gasteiger partial charge in [-0.25, -0.2) is 4.99 Å². The Kier molecular flexibility index (Phi) is 5.76. The third kappa shape index (κ3) is 4.48. The molecule has 0 spiro atoms. The van der Waals surface area contributed by atoms with Gasteiger partial charge in [0.2, 0.25) is 5.91 Å².